The number of hydrogen-bond acceptors (Lipinski definition) is 8. The zero-order valence-corrected chi connectivity index (χ0v) is 14.5. The number of anilines is 2. The van der Waals surface area contributed by atoms with Crippen molar-refractivity contribution in [1.29, 1.82) is 0 Å². The number of nitrogens with one attached hydrogen (secondary N) is 1. The molecule has 2 aromatic carbocycles. The topological polar surface area (TPSA) is 159 Å². The first-order valence-corrected chi connectivity index (χ1v) is 9.70. The average molecular weight is 418 g/mol. The normalized spacial score (nSPS) is 12.3. The fourth-order valence-corrected chi connectivity index (χ4v) is 4.57. The highest BCUT2D eigenvalue weighted by Gasteiger charge is 2.31. The van der Waals surface area contributed by atoms with E-state index in [-0.39, 0.29) is 10.8 Å². The quantitative estimate of drug-likeness (QED) is 0.530. The molecule has 0 aliphatic rings. The molecule has 142 valence electrons. The van der Waals surface area contributed by atoms with Crippen molar-refractivity contribution in [2.45, 2.75) is 9.79 Å². The minimum atomic E-state index is -5.26. The number of benzene rings is 2. The van der Waals surface area contributed by atoms with Crippen molar-refractivity contribution in [1.82, 2.24) is 15.4 Å². The molecular formula is C13H8F2N4O6S2. The number of nitrogens with zero attached hydrogens (tertiary/aromatic N) is 3. The Morgan fingerprint density at radius 1 is 0.926 bits per heavy atom. The van der Waals surface area contributed by atoms with Crippen LogP contribution in [0.5, 0.6) is 0 Å². The molecule has 3 aromatic rings. The van der Waals surface area contributed by atoms with E-state index < -0.39 is 53.3 Å². The molecule has 3 rings (SSSR count). The first kappa shape index (κ1) is 19.0. The van der Waals surface area contributed by atoms with Crippen LogP contribution in [0.3, 0.4) is 0 Å². The maximum Gasteiger partial charge on any atom is 0.298 e. The second-order valence-corrected chi connectivity index (χ2v) is 7.84. The molecule has 27 heavy (non-hydrogen) atoms. The fourth-order valence-electron chi connectivity index (χ4n) is 2.40. The van der Waals surface area contributed by atoms with Crippen LogP contribution in [0.15, 0.2) is 40.1 Å². The third kappa shape index (κ3) is 3.55. The zero-order valence-electron chi connectivity index (χ0n) is 12.8. The molecule has 0 fully saturated rings. The number of aromatic nitrogens is 3. The minimum absolute atomic E-state index is 0.0999. The standard InChI is InChI=1S/C13H8F2N4O6S2/c14-9-12(15)17-19-18-13(9)16-8-5-6-3-1-2-4-7(6)10(26(20,21)22)11(8)27(23,24)25/h1-5H,(H,16,17,18)(H,20,21,22)(H,23,24,25). The van der Waals surface area contributed by atoms with E-state index in [4.69, 9.17) is 0 Å². The van der Waals surface area contributed by atoms with E-state index in [1.807, 2.05) is 5.32 Å². The molecule has 0 unspecified atom stereocenters. The molecule has 1 heterocycles. The molecule has 14 heteroatoms. The lowest BCUT2D eigenvalue weighted by molar-refractivity contribution is 0.455. The van der Waals surface area contributed by atoms with Crippen LogP contribution in [0.4, 0.5) is 20.3 Å². The monoisotopic (exact) mass is 418 g/mol. The van der Waals surface area contributed by atoms with Crippen LogP contribution in [-0.2, 0) is 20.2 Å². The molecule has 0 aliphatic carbocycles. The first-order chi connectivity index (χ1) is 12.5. The van der Waals surface area contributed by atoms with Gasteiger partial charge in [0.15, 0.2) is 5.82 Å². The van der Waals surface area contributed by atoms with Crippen molar-refractivity contribution in [3.63, 3.8) is 0 Å². The smallest absolute Gasteiger partial charge is 0.298 e. The van der Waals surface area contributed by atoms with Gasteiger partial charge in [0.25, 0.3) is 26.2 Å². The lowest BCUT2D eigenvalue weighted by atomic mass is 10.1. The van der Waals surface area contributed by atoms with Crippen molar-refractivity contribution < 1.29 is 34.7 Å². The van der Waals surface area contributed by atoms with Crippen LogP contribution >= 0.6 is 0 Å². The van der Waals surface area contributed by atoms with Crippen LogP contribution in [0.25, 0.3) is 10.8 Å². The van der Waals surface area contributed by atoms with Crippen LogP contribution in [-0.4, -0.2) is 41.4 Å². The molecular weight excluding hydrogens is 410 g/mol. The van der Waals surface area contributed by atoms with Crippen molar-refractivity contribution in [3.8, 4) is 0 Å². The Bertz CT molecular complexity index is 1280. The van der Waals surface area contributed by atoms with E-state index in [0.29, 0.717) is 0 Å². The Morgan fingerprint density at radius 2 is 1.56 bits per heavy atom. The van der Waals surface area contributed by atoms with Crippen molar-refractivity contribution in [2.75, 3.05) is 5.32 Å². The molecule has 0 saturated carbocycles. The van der Waals surface area contributed by atoms with Crippen LogP contribution in [0, 0.1) is 11.8 Å². The zero-order chi connectivity index (χ0) is 20.0. The summed E-state index contributed by atoms with van der Waals surface area (Å²) in [5, 5.41) is 10.7. The summed E-state index contributed by atoms with van der Waals surface area (Å²) >= 11 is 0. The predicted molar refractivity (Wildman–Crippen MR) is 86.6 cm³/mol. The molecule has 3 N–H and O–H groups in total. The van der Waals surface area contributed by atoms with E-state index >= 15 is 0 Å². The van der Waals surface area contributed by atoms with Gasteiger partial charge < -0.3 is 5.32 Å². The van der Waals surface area contributed by atoms with E-state index in [2.05, 4.69) is 15.4 Å². The molecule has 0 atom stereocenters. The summed E-state index contributed by atoms with van der Waals surface area (Å²) in [5.41, 5.74) is -0.692. The van der Waals surface area contributed by atoms with Crippen LogP contribution in [0.1, 0.15) is 0 Å². The minimum Gasteiger partial charge on any atom is -0.335 e. The second-order valence-electron chi connectivity index (χ2n) is 5.12. The summed E-state index contributed by atoms with van der Waals surface area (Å²) in [6.07, 6.45) is 0. The molecule has 10 nitrogen and oxygen atoms in total. The van der Waals surface area contributed by atoms with Gasteiger partial charge in [-0.25, -0.2) is 0 Å². The van der Waals surface area contributed by atoms with Gasteiger partial charge >= 0.3 is 0 Å². The summed E-state index contributed by atoms with van der Waals surface area (Å²) in [5.74, 6) is -4.21. The highest BCUT2D eigenvalue weighted by Crippen LogP contribution is 2.37. The van der Waals surface area contributed by atoms with E-state index in [0.717, 1.165) is 6.07 Å². The maximum absolute atomic E-state index is 13.8. The fraction of sp³-hybridized carbons (Fsp3) is 0. The van der Waals surface area contributed by atoms with Gasteiger partial charge in [-0.2, -0.15) is 25.6 Å². The summed E-state index contributed by atoms with van der Waals surface area (Å²) in [6.45, 7) is 0. The highest BCUT2D eigenvalue weighted by atomic mass is 32.2. The predicted octanol–water partition coefficient (Wildman–Crippen LogP) is 1.54. The highest BCUT2D eigenvalue weighted by molar-refractivity contribution is 7.89. The van der Waals surface area contributed by atoms with E-state index in [9.17, 15) is 34.7 Å². The van der Waals surface area contributed by atoms with Crippen molar-refractivity contribution >= 4 is 42.5 Å². The van der Waals surface area contributed by atoms with Gasteiger partial charge in [0, 0.05) is 5.39 Å². The number of hydrogen-bond donors (Lipinski definition) is 3. The largest absolute Gasteiger partial charge is 0.335 e. The van der Waals surface area contributed by atoms with E-state index in [1.165, 1.54) is 24.3 Å². The maximum atomic E-state index is 13.8. The van der Waals surface area contributed by atoms with Gasteiger partial charge in [0.1, 0.15) is 9.79 Å². The molecule has 0 amide bonds. The molecule has 0 saturated heterocycles. The van der Waals surface area contributed by atoms with Crippen LogP contribution in [0.2, 0.25) is 0 Å². The van der Waals surface area contributed by atoms with Gasteiger partial charge in [-0.05, 0) is 16.7 Å². The molecule has 0 aliphatic heterocycles. The third-order valence-corrected chi connectivity index (χ3v) is 5.40. The Labute approximate surface area is 150 Å². The average Bonchev–Trinajstić information content (AvgIpc) is 2.56. The molecule has 0 radical (unpaired) electrons. The summed E-state index contributed by atoms with van der Waals surface area (Å²) in [7, 11) is -10.4. The van der Waals surface area contributed by atoms with Gasteiger partial charge in [0.05, 0.1) is 5.69 Å². The van der Waals surface area contributed by atoms with Gasteiger partial charge in [-0.1, -0.05) is 29.4 Å². The Morgan fingerprint density at radius 3 is 2.19 bits per heavy atom. The summed E-state index contributed by atoms with van der Waals surface area (Å²) < 4.78 is 93.3. The second kappa shape index (κ2) is 6.41. The van der Waals surface area contributed by atoms with Gasteiger partial charge in [0.2, 0.25) is 5.82 Å². The Hall–Kier alpha value is -2.81. The lowest BCUT2D eigenvalue weighted by Gasteiger charge is -2.15. The van der Waals surface area contributed by atoms with E-state index in [1.54, 1.807) is 0 Å². The van der Waals surface area contributed by atoms with Crippen LogP contribution < -0.4 is 5.32 Å². The molecule has 1 aromatic heterocycles. The van der Waals surface area contributed by atoms with Crippen molar-refractivity contribution in [3.05, 3.63) is 42.1 Å². The first-order valence-electron chi connectivity index (χ1n) is 6.82. The Kier molecular flexibility index (Phi) is 4.51. The Balaban J connectivity index is 2.44. The third-order valence-electron chi connectivity index (χ3n) is 3.39. The number of halogens is 2. The summed E-state index contributed by atoms with van der Waals surface area (Å²) in [4.78, 5) is -2.42. The molecule has 0 bridgehead atoms. The van der Waals surface area contributed by atoms with Gasteiger partial charge in [-0.15, -0.1) is 5.10 Å². The molecule has 0 spiro atoms. The SMILES string of the molecule is O=S(=O)(O)c1c(Nc2nnnc(F)c2F)cc2ccccc2c1S(=O)(=O)O. The lowest BCUT2D eigenvalue weighted by Crippen LogP contribution is -2.13. The van der Waals surface area contributed by atoms with Crippen molar-refractivity contribution in [2.24, 2.45) is 0 Å². The van der Waals surface area contributed by atoms with Gasteiger partial charge in [-0.3, -0.25) is 9.11 Å². The number of rotatable bonds is 4. The summed E-state index contributed by atoms with van der Waals surface area (Å²) in [6, 6.07) is 6.41. The number of fused-ring (bicyclic) bond motifs is 1.